The Kier molecular flexibility index (Phi) is 20.0. The third kappa shape index (κ3) is 15.1. The van der Waals surface area contributed by atoms with Gasteiger partial charge in [-0.2, -0.15) is 4.57 Å². The maximum Gasteiger partial charge on any atom is 0.261 e. The highest BCUT2D eigenvalue weighted by atomic mass is 15.1. The Labute approximate surface area is 237 Å². The van der Waals surface area contributed by atoms with Gasteiger partial charge in [-0.25, -0.2) is 4.57 Å². The lowest BCUT2D eigenvalue weighted by atomic mass is 10.0. The van der Waals surface area contributed by atoms with Crippen LogP contribution in [0.4, 0.5) is 0 Å². The lowest BCUT2D eigenvalue weighted by Crippen LogP contribution is -2.37. The molecule has 216 valence electrons. The van der Waals surface area contributed by atoms with Gasteiger partial charge in [0.15, 0.2) is 0 Å². The Balaban J connectivity index is 1.57. The summed E-state index contributed by atoms with van der Waals surface area (Å²) < 4.78 is 4.98. The van der Waals surface area contributed by atoms with Crippen LogP contribution in [-0.4, -0.2) is 4.57 Å². The van der Waals surface area contributed by atoms with E-state index in [0.717, 1.165) is 0 Å². The summed E-state index contributed by atoms with van der Waals surface area (Å²) in [5.74, 6) is 1.49. The Bertz CT molecular complexity index is 763. The van der Waals surface area contributed by atoms with Gasteiger partial charge in [-0.3, -0.25) is 0 Å². The van der Waals surface area contributed by atoms with E-state index in [-0.39, 0.29) is 0 Å². The third-order valence-corrected chi connectivity index (χ3v) is 8.30. The van der Waals surface area contributed by atoms with E-state index in [4.69, 9.17) is 0 Å². The van der Waals surface area contributed by atoms with Crippen molar-refractivity contribution < 1.29 is 4.57 Å². The van der Waals surface area contributed by atoms with Crippen molar-refractivity contribution in [3.63, 3.8) is 0 Å². The van der Waals surface area contributed by atoms with Crippen molar-refractivity contribution in [1.29, 1.82) is 0 Å². The molecule has 0 atom stereocenters. The summed E-state index contributed by atoms with van der Waals surface area (Å²) in [5, 5.41) is 0. The lowest BCUT2D eigenvalue weighted by Gasteiger charge is -2.06. The highest BCUT2D eigenvalue weighted by molar-refractivity contribution is 5.31. The zero-order chi connectivity index (χ0) is 26.9. The van der Waals surface area contributed by atoms with E-state index in [1.54, 1.807) is 0 Å². The number of imidazole rings is 1. The van der Waals surface area contributed by atoms with Crippen molar-refractivity contribution >= 4 is 0 Å². The number of hydrogen-bond acceptors (Lipinski definition) is 0. The van der Waals surface area contributed by atoms with E-state index in [1.807, 2.05) is 0 Å². The molecule has 0 fully saturated rings. The molecule has 0 saturated heterocycles. The molecule has 0 aliphatic carbocycles. The van der Waals surface area contributed by atoms with E-state index in [1.165, 1.54) is 172 Å². The van der Waals surface area contributed by atoms with Gasteiger partial charge in [-0.15, -0.1) is 0 Å². The summed E-state index contributed by atoms with van der Waals surface area (Å²) in [7, 11) is 0. The maximum atomic E-state index is 2.55. The van der Waals surface area contributed by atoms with Gasteiger partial charge in [0.1, 0.15) is 18.1 Å². The fraction of sp³-hybridized carbons (Fsp3) is 0.750. The first-order chi connectivity index (χ1) is 18.9. The Hall–Kier alpha value is -1.57. The van der Waals surface area contributed by atoms with E-state index < -0.39 is 0 Å². The van der Waals surface area contributed by atoms with Gasteiger partial charge >= 0.3 is 0 Å². The highest BCUT2D eigenvalue weighted by Gasteiger charge is 2.18. The van der Waals surface area contributed by atoms with Crippen LogP contribution in [0.5, 0.6) is 0 Å². The summed E-state index contributed by atoms with van der Waals surface area (Å²) in [6, 6.07) is 10.9. The molecule has 38 heavy (non-hydrogen) atoms. The van der Waals surface area contributed by atoms with Gasteiger partial charge in [-0.1, -0.05) is 160 Å². The minimum absolute atomic E-state index is 1.17. The van der Waals surface area contributed by atoms with Gasteiger partial charge in [-0.05, 0) is 31.4 Å². The van der Waals surface area contributed by atoms with Crippen LogP contribution >= 0.6 is 0 Å². The fourth-order valence-corrected chi connectivity index (χ4v) is 5.82. The zero-order valence-corrected chi connectivity index (χ0v) is 25.6. The lowest BCUT2D eigenvalue weighted by molar-refractivity contribution is -0.704. The largest absolute Gasteiger partial charge is 0.261 e. The predicted octanol–water partition coefficient (Wildman–Crippen LogP) is 11.3. The van der Waals surface area contributed by atoms with E-state index >= 15 is 0 Å². The number of benzene rings is 1. The van der Waals surface area contributed by atoms with Gasteiger partial charge < -0.3 is 0 Å². The molecular formula is C36H63N2+. The molecule has 1 aromatic heterocycles. The van der Waals surface area contributed by atoms with Crippen molar-refractivity contribution in [2.45, 2.75) is 174 Å². The number of aromatic nitrogens is 2. The van der Waals surface area contributed by atoms with Gasteiger partial charge in [0.05, 0.1) is 6.54 Å². The number of aryl methyl sites for hydroxylation is 1. The number of nitrogens with zero attached hydrogens (tertiary/aromatic N) is 2. The molecule has 1 aromatic carbocycles. The average molecular weight is 524 g/mol. The minimum atomic E-state index is 1.17. The maximum absolute atomic E-state index is 2.55. The monoisotopic (exact) mass is 523 g/mol. The summed E-state index contributed by atoms with van der Waals surface area (Å²) in [6.45, 7) is 5.78. The number of unbranched alkanes of at least 4 members (excludes halogenated alkanes) is 21. The summed E-state index contributed by atoms with van der Waals surface area (Å²) in [5.41, 5.74) is 1.30. The van der Waals surface area contributed by atoms with Crippen LogP contribution in [-0.2, 0) is 13.0 Å². The topological polar surface area (TPSA) is 8.81 Å². The first kappa shape index (κ1) is 32.6. The molecule has 2 heteroatoms. The Morgan fingerprint density at radius 2 is 0.921 bits per heavy atom. The van der Waals surface area contributed by atoms with Crippen molar-refractivity contribution in [1.82, 2.24) is 4.57 Å². The first-order valence-corrected chi connectivity index (χ1v) is 17.0. The SMILES string of the molecule is CCCCCCCCCCCCCCCCCC[n+]1ccn(-c2ccccc2)c1CCCCCCCCC. The zero-order valence-electron chi connectivity index (χ0n) is 25.6. The molecule has 0 N–H and O–H groups in total. The normalized spacial score (nSPS) is 11.4. The van der Waals surface area contributed by atoms with Crippen LogP contribution in [0.3, 0.4) is 0 Å². The summed E-state index contributed by atoms with van der Waals surface area (Å²) in [6.07, 6.45) is 38.4. The van der Waals surface area contributed by atoms with Crippen LogP contribution in [0.15, 0.2) is 42.7 Å². The van der Waals surface area contributed by atoms with Crippen LogP contribution in [0.2, 0.25) is 0 Å². The van der Waals surface area contributed by atoms with Crippen molar-refractivity contribution in [2.75, 3.05) is 0 Å². The molecule has 2 nitrogen and oxygen atoms in total. The van der Waals surface area contributed by atoms with E-state index in [2.05, 4.69) is 65.7 Å². The molecule has 0 aliphatic rings. The second-order valence-electron chi connectivity index (χ2n) is 11.8. The highest BCUT2D eigenvalue weighted by Crippen LogP contribution is 2.16. The standard InChI is InChI=1S/C36H63N2/c1-3-5-7-9-11-12-13-14-15-16-17-18-19-21-23-28-32-37-33-34-38(35-29-25-24-26-30-35)36(37)31-27-22-20-10-8-6-4-2/h24-26,29-30,33-34H,3-23,27-28,31-32H2,1-2H3/q+1. The average Bonchev–Trinajstić information content (AvgIpc) is 3.35. The predicted molar refractivity (Wildman–Crippen MR) is 167 cm³/mol. The molecule has 0 bridgehead atoms. The molecule has 0 aliphatic heterocycles. The van der Waals surface area contributed by atoms with Gasteiger partial charge in [0.2, 0.25) is 0 Å². The van der Waals surface area contributed by atoms with Crippen molar-refractivity contribution in [3.05, 3.63) is 48.5 Å². The molecule has 2 rings (SSSR count). The van der Waals surface area contributed by atoms with Crippen LogP contribution in [0.1, 0.15) is 167 Å². The third-order valence-electron chi connectivity index (χ3n) is 8.30. The quantitative estimate of drug-likeness (QED) is 0.0856. The molecule has 0 unspecified atom stereocenters. The van der Waals surface area contributed by atoms with Crippen molar-refractivity contribution in [2.24, 2.45) is 0 Å². The second-order valence-corrected chi connectivity index (χ2v) is 11.8. The molecular weight excluding hydrogens is 460 g/mol. The van der Waals surface area contributed by atoms with Gasteiger partial charge in [0.25, 0.3) is 5.82 Å². The van der Waals surface area contributed by atoms with E-state index in [9.17, 15) is 0 Å². The second kappa shape index (κ2) is 23.3. The fourth-order valence-electron chi connectivity index (χ4n) is 5.82. The minimum Gasteiger partial charge on any atom is -0.234 e. The van der Waals surface area contributed by atoms with Crippen LogP contribution in [0.25, 0.3) is 5.69 Å². The first-order valence-electron chi connectivity index (χ1n) is 17.0. The van der Waals surface area contributed by atoms with Gasteiger partial charge in [0, 0.05) is 6.42 Å². The van der Waals surface area contributed by atoms with E-state index in [0.29, 0.717) is 0 Å². The smallest absolute Gasteiger partial charge is 0.234 e. The summed E-state index contributed by atoms with van der Waals surface area (Å²) in [4.78, 5) is 0. The molecule has 0 spiro atoms. The Morgan fingerprint density at radius 3 is 1.39 bits per heavy atom. The van der Waals surface area contributed by atoms with Crippen LogP contribution < -0.4 is 4.57 Å². The summed E-state index contributed by atoms with van der Waals surface area (Å²) >= 11 is 0. The van der Waals surface area contributed by atoms with Crippen molar-refractivity contribution in [3.8, 4) is 5.69 Å². The Morgan fingerprint density at radius 1 is 0.500 bits per heavy atom. The molecule has 2 aromatic rings. The molecule has 0 radical (unpaired) electrons. The molecule has 1 heterocycles. The number of para-hydroxylation sites is 1. The number of rotatable bonds is 26. The molecule has 0 amide bonds. The van der Waals surface area contributed by atoms with Crippen LogP contribution in [0, 0.1) is 0 Å². The molecule has 0 saturated carbocycles. The number of hydrogen-bond donors (Lipinski definition) is 0.